The summed E-state index contributed by atoms with van der Waals surface area (Å²) in [7, 11) is 2.85. The molecule has 0 saturated carbocycles. The van der Waals surface area contributed by atoms with Crippen LogP contribution in [-0.4, -0.2) is 17.1 Å². The minimum atomic E-state index is 0.802. The molecule has 3 radical (unpaired) electrons. The van der Waals surface area contributed by atoms with E-state index in [0.29, 0.717) is 0 Å². The Morgan fingerprint density at radius 1 is 1.80 bits per heavy atom. The minimum Gasteiger partial charge on any atom is -0.419 e. The highest BCUT2D eigenvalue weighted by molar-refractivity contribution is 5.97. The molecule has 0 aromatic carbocycles. The number of hydrogen-bond acceptors (Lipinski definition) is 1. The van der Waals surface area contributed by atoms with Crippen molar-refractivity contribution < 1.29 is 4.43 Å². The molecule has 0 spiro atoms. The van der Waals surface area contributed by atoms with Crippen LogP contribution in [0.5, 0.6) is 0 Å². The molecule has 0 N–H and O–H groups in total. The smallest absolute Gasteiger partial charge is 0.246 e. The summed E-state index contributed by atoms with van der Waals surface area (Å²) in [6.45, 7) is 2.86. The molecule has 5 heavy (non-hydrogen) atoms. The summed E-state index contributed by atoms with van der Waals surface area (Å²) in [5.74, 6) is 0. The van der Waals surface area contributed by atoms with Crippen LogP contribution in [0.4, 0.5) is 0 Å². The zero-order chi connectivity index (χ0) is 4.12. The van der Waals surface area contributed by atoms with E-state index in [-0.39, 0.29) is 0 Å². The van der Waals surface area contributed by atoms with Crippen LogP contribution in [0, 0.1) is 0 Å². The van der Waals surface area contributed by atoms with Gasteiger partial charge in [0.2, 0.25) is 10.5 Å². The summed E-state index contributed by atoms with van der Waals surface area (Å²) >= 11 is 0. The van der Waals surface area contributed by atoms with Crippen molar-refractivity contribution in [2.45, 2.75) is 13.3 Å². The summed E-state index contributed by atoms with van der Waals surface area (Å²) in [4.78, 5) is 0. The molecule has 29 valence electrons. The van der Waals surface area contributed by atoms with Crippen LogP contribution in [0.15, 0.2) is 0 Å². The minimum absolute atomic E-state index is 0.802. The summed E-state index contributed by atoms with van der Waals surface area (Å²) < 4.78 is 4.50. The van der Waals surface area contributed by atoms with Gasteiger partial charge in [0, 0.05) is 6.61 Å². The predicted octanol–water partition coefficient (Wildman–Crippen LogP) is 0.496. The van der Waals surface area contributed by atoms with Gasteiger partial charge in [0.25, 0.3) is 0 Å². The molecule has 0 aromatic rings. The van der Waals surface area contributed by atoms with E-state index in [0.717, 1.165) is 13.0 Å². The summed E-state index contributed by atoms with van der Waals surface area (Å²) in [6, 6.07) is 0. The highest BCUT2D eigenvalue weighted by Gasteiger charge is 1.66. The van der Waals surface area contributed by atoms with Crippen molar-refractivity contribution in [3.05, 3.63) is 0 Å². The van der Waals surface area contributed by atoms with Gasteiger partial charge in [0.1, 0.15) is 0 Å². The molecule has 0 aliphatic heterocycles. The highest BCUT2D eigenvalue weighted by Crippen LogP contribution is 1.69. The molecule has 0 unspecified atom stereocenters. The SMILES string of the molecule is CCCO[Si]. The number of rotatable bonds is 2. The molecular weight excluding hydrogens is 80.1 g/mol. The maximum Gasteiger partial charge on any atom is 0.246 e. The Morgan fingerprint density at radius 3 is 2.40 bits per heavy atom. The maximum atomic E-state index is 4.50. The van der Waals surface area contributed by atoms with Gasteiger partial charge in [-0.25, -0.2) is 0 Å². The van der Waals surface area contributed by atoms with E-state index in [9.17, 15) is 0 Å². The first-order valence-corrected chi connectivity index (χ1v) is 2.11. The van der Waals surface area contributed by atoms with Crippen LogP contribution in [0.2, 0.25) is 0 Å². The van der Waals surface area contributed by atoms with Gasteiger partial charge in [-0.15, -0.1) is 0 Å². The fourth-order valence-corrected chi connectivity index (χ4v) is 0.306. The van der Waals surface area contributed by atoms with Crippen molar-refractivity contribution in [2.75, 3.05) is 6.61 Å². The van der Waals surface area contributed by atoms with E-state index in [4.69, 9.17) is 0 Å². The van der Waals surface area contributed by atoms with E-state index in [1.165, 1.54) is 0 Å². The van der Waals surface area contributed by atoms with Crippen molar-refractivity contribution in [1.82, 2.24) is 0 Å². The van der Waals surface area contributed by atoms with E-state index in [2.05, 4.69) is 21.8 Å². The van der Waals surface area contributed by atoms with E-state index in [1.54, 1.807) is 0 Å². The maximum absolute atomic E-state index is 4.50. The lowest BCUT2D eigenvalue weighted by molar-refractivity contribution is 0.349. The molecule has 0 atom stereocenters. The summed E-state index contributed by atoms with van der Waals surface area (Å²) in [6.07, 6.45) is 1.07. The van der Waals surface area contributed by atoms with Gasteiger partial charge in [-0.05, 0) is 6.42 Å². The summed E-state index contributed by atoms with van der Waals surface area (Å²) in [5.41, 5.74) is 0. The van der Waals surface area contributed by atoms with Crippen LogP contribution in [-0.2, 0) is 4.43 Å². The van der Waals surface area contributed by atoms with Crippen LogP contribution in [0.3, 0.4) is 0 Å². The van der Waals surface area contributed by atoms with Gasteiger partial charge >= 0.3 is 0 Å². The highest BCUT2D eigenvalue weighted by atomic mass is 28.2. The molecule has 2 heteroatoms. The fourth-order valence-electron chi connectivity index (χ4n) is 0.102. The van der Waals surface area contributed by atoms with Crippen LogP contribution in [0.1, 0.15) is 13.3 Å². The summed E-state index contributed by atoms with van der Waals surface area (Å²) in [5, 5.41) is 0. The Hall–Kier alpha value is 0.177. The molecule has 0 aliphatic carbocycles. The molecule has 1 nitrogen and oxygen atoms in total. The quantitative estimate of drug-likeness (QED) is 0.445. The zero-order valence-electron chi connectivity index (χ0n) is 3.32. The Labute approximate surface area is 35.9 Å². The first kappa shape index (κ1) is 5.18. The standard InChI is InChI=1S/C3H7OSi/c1-2-3-4-5/h2-3H2,1H3. The molecule has 0 aliphatic rings. The van der Waals surface area contributed by atoms with Crippen molar-refractivity contribution >= 4 is 10.5 Å². The van der Waals surface area contributed by atoms with Crippen molar-refractivity contribution in [2.24, 2.45) is 0 Å². The lowest BCUT2D eigenvalue weighted by Gasteiger charge is -1.84. The van der Waals surface area contributed by atoms with Gasteiger partial charge in [-0.1, -0.05) is 6.92 Å². The molecule has 0 heterocycles. The third-order valence-electron chi connectivity index (χ3n) is 0.306. The Balaban J connectivity index is 2.19. The van der Waals surface area contributed by atoms with Gasteiger partial charge in [-0.3, -0.25) is 0 Å². The van der Waals surface area contributed by atoms with Crippen LogP contribution < -0.4 is 0 Å². The molecule has 0 amide bonds. The first-order chi connectivity index (χ1) is 2.41. The second kappa shape index (κ2) is 4.18. The third-order valence-corrected chi connectivity index (χ3v) is 0.510. The largest absolute Gasteiger partial charge is 0.419 e. The predicted molar refractivity (Wildman–Crippen MR) is 22.0 cm³/mol. The van der Waals surface area contributed by atoms with E-state index >= 15 is 0 Å². The van der Waals surface area contributed by atoms with Gasteiger partial charge in [-0.2, -0.15) is 0 Å². The lowest BCUT2D eigenvalue weighted by Crippen LogP contribution is -1.83. The molecular formula is C3H7OSi. The average molecular weight is 87.2 g/mol. The Kier molecular flexibility index (Phi) is 4.32. The van der Waals surface area contributed by atoms with Gasteiger partial charge < -0.3 is 4.43 Å². The second-order valence-electron chi connectivity index (χ2n) is 0.848. The Bertz CT molecular complexity index is 14.4. The van der Waals surface area contributed by atoms with Crippen molar-refractivity contribution in [3.63, 3.8) is 0 Å². The number of hydrogen-bond donors (Lipinski definition) is 0. The molecule has 0 rings (SSSR count). The second-order valence-corrected chi connectivity index (χ2v) is 1.14. The molecule has 0 saturated heterocycles. The van der Waals surface area contributed by atoms with Gasteiger partial charge in [0.05, 0.1) is 0 Å². The topological polar surface area (TPSA) is 9.23 Å². The normalized spacial score (nSPS) is 8.40. The van der Waals surface area contributed by atoms with Crippen molar-refractivity contribution in [1.29, 1.82) is 0 Å². The lowest BCUT2D eigenvalue weighted by atomic mass is 10.5. The third kappa shape index (κ3) is 4.18. The first-order valence-electron chi connectivity index (χ1n) is 1.70. The van der Waals surface area contributed by atoms with E-state index in [1.807, 2.05) is 0 Å². The molecule has 0 fully saturated rings. The van der Waals surface area contributed by atoms with Crippen molar-refractivity contribution in [3.8, 4) is 0 Å². The monoisotopic (exact) mass is 87.0 g/mol. The molecule has 0 aromatic heterocycles. The molecule has 0 bridgehead atoms. The fraction of sp³-hybridized carbons (Fsp3) is 1.00. The zero-order valence-corrected chi connectivity index (χ0v) is 4.32. The van der Waals surface area contributed by atoms with Crippen LogP contribution >= 0.6 is 0 Å². The average Bonchev–Trinajstić information content (AvgIpc) is 1.41. The van der Waals surface area contributed by atoms with Gasteiger partial charge in [0.15, 0.2) is 0 Å². The Morgan fingerprint density at radius 2 is 2.40 bits per heavy atom. The van der Waals surface area contributed by atoms with E-state index < -0.39 is 0 Å². The van der Waals surface area contributed by atoms with Crippen LogP contribution in [0.25, 0.3) is 0 Å².